The quantitative estimate of drug-likeness (QED) is 0.906. The Morgan fingerprint density at radius 3 is 3.20 bits per heavy atom. The van der Waals surface area contributed by atoms with Crippen LogP contribution in [-0.4, -0.2) is 34.3 Å². The highest BCUT2D eigenvalue weighted by Gasteiger charge is 2.21. The van der Waals surface area contributed by atoms with E-state index in [1.165, 1.54) is 5.56 Å². The van der Waals surface area contributed by atoms with Crippen molar-refractivity contribution in [2.45, 2.75) is 25.8 Å². The molecule has 0 aromatic carbocycles. The molecule has 0 spiro atoms. The third-order valence-corrected chi connectivity index (χ3v) is 3.73. The minimum atomic E-state index is 0.452. The number of nitrogens with one attached hydrogen (secondary N) is 1. The molecule has 1 atom stereocenters. The van der Waals surface area contributed by atoms with Crippen molar-refractivity contribution < 1.29 is 4.74 Å². The molecule has 2 aromatic rings. The first-order valence-electron chi connectivity index (χ1n) is 7.08. The fraction of sp³-hybridized carbons (Fsp3) is 0.467. The summed E-state index contributed by atoms with van der Waals surface area (Å²) in [5.41, 5.74) is 2.31. The van der Waals surface area contributed by atoms with E-state index in [0.717, 1.165) is 44.2 Å². The Morgan fingerprint density at radius 1 is 1.45 bits per heavy atom. The standard InChI is InChI=1S/C15H20N4O/c1-12-10-16-4-2-14(12)17-5-7-19-8-6-18-15(19)13-3-9-20-11-13/h2,4,6,8,10,13H,3,5,7,9,11H2,1H3,(H,16,17)/t13-/m0/s1. The second-order valence-electron chi connectivity index (χ2n) is 5.16. The molecule has 3 rings (SSSR count). The molecule has 1 aliphatic heterocycles. The number of pyridine rings is 1. The molecule has 106 valence electrons. The van der Waals surface area contributed by atoms with E-state index in [1.54, 1.807) is 0 Å². The van der Waals surface area contributed by atoms with Crippen LogP contribution in [0.15, 0.2) is 30.9 Å². The van der Waals surface area contributed by atoms with Crippen LogP contribution < -0.4 is 5.32 Å². The topological polar surface area (TPSA) is 52.0 Å². The van der Waals surface area contributed by atoms with Crippen molar-refractivity contribution >= 4 is 5.69 Å². The summed E-state index contributed by atoms with van der Waals surface area (Å²) < 4.78 is 7.67. The molecule has 2 aromatic heterocycles. The number of hydrogen-bond acceptors (Lipinski definition) is 4. The van der Waals surface area contributed by atoms with E-state index in [9.17, 15) is 0 Å². The maximum atomic E-state index is 5.45. The summed E-state index contributed by atoms with van der Waals surface area (Å²) in [6.45, 7) is 5.50. The minimum absolute atomic E-state index is 0.452. The molecular formula is C15H20N4O. The van der Waals surface area contributed by atoms with Gasteiger partial charge >= 0.3 is 0 Å². The summed E-state index contributed by atoms with van der Waals surface area (Å²) in [5, 5.41) is 3.45. The van der Waals surface area contributed by atoms with E-state index >= 15 is 0 Å². The summed E-state index contributed by atoms with van der Waals surface area (Å²) >= 11 is 0. The molecule has 0 amide bonds. The first-order valence-corrected chi connectivity index (χ1v) is 7.08. The van der Waals surface area contributed by atoms with Gasteiger partial charge in [-0.2, -0.15) is 0 Å². The predicted octanol–water partition coefficient (Wildman–Crippen LogP) is 2.20. The van der Waals surface area contributed by atoms with Gasteiger partial charge in [-0.3, -0.25) is 4.98 Å². The minimum Gasteiger partial charge on any atom is -0.383 e. The highest BCUT2D eigenvalue weighted by molar-refractivity contribution is 5.48. The first kappa shape index (κ1) is 13.1. The van der Waals surface area contributed by atoms with Gasteiger partial charge in [-0.25, -0.2) is 4.98 Å². The van der Waals surface area contributed by atoms with Crippen LogP contribution >= 0.6 is 0 Å². The lowest BCUT2D eigenvalue weighted by atomic mass is 10.1. The van der Waals surface area contributed by atoms with Crippen LogP contribution in [0.5, 0.6) is 0 Å². The zero-order chi connectivity index (χ0) is 13.8. The molecule has 1 N–H and O–H groups in total. The molecule has 0 saturated carbocycles. The molecule has 0 unspecified atom stereocenters. The third-order valence-electron chi connectivity index (χ3n) is 3.73. The molecular weight excluding hydrogens is 252 g/mol. The van der Waals surface area contributed by atoms with Crippen LogP contribution in [0.25, 0.3) is 0 Å². The normalized spacial score (nSPS) is 18.4. The summed E-state index contributed by atoms with van der Waals surface area (Å²) in [5.74, 6) is 1.60. The van der Waals surface area contributed by atoms with Crippen molar-refractivity contribution in [3.8, 4) is 0 Å². The van der Waals surface area contributed by atoms with Crippen LogP contribution in [-0.2, 0) is 11.3 Å². The summed E-state index contributed by atoms with van der Waals surface area (Å²) in [6, 6.07) is 2.01. The van der Waals surface area contributed by atoms with Gasteiger partial charge in [-0.05, 0) is 25.0 Å². The van der Waals surface area contributed by atoms with Crippen molar-refractivity contribution in [1.82, 2.24) is 14.5 Å². The predicted molar refractivity (Wildman–Crippen MR) is 77.9 cm³/mol. The monoisotopic (exact) mass is 272 g/mol. The zero-order valence-electron chi connectivity index (χ0n) is 11.7. The average molecular weight is 272 g/mol. The molecule has 3 heterocycles. The summed E-state index contributed by atoms with van der Waals surface area (Å²) in [7, 11) is 0. The van der Waals surface area contributed by atoms with Gasteiger partial charge in [0.25, 0.3) is 0 Å². The van der Waals surface area contributed by atoms with Crippen molar-refractivity contribution in [2.75, 3.05) is 25.1 Å². The van der Waals surface area contributed by atoms with E-state index in [0.29, 0.717) is 5.92 Å². The van der Waals surface area contributed by atoms with Gasteiger partial charge in [0, 0.05) is 56.1 Å². The smallest absolute Gasteiger partial charge is 0.114 e. The van der Waals surface area contributed by atoms with Crippen molar-refractivity contribution in [2.24, 2.45) is 0 Å². The Balaban J connectivity index is 1.59. The molecule has 0 radical (unpaired) electrons. The van der Waals surface area contributed by atoms with E-state index in [2.05, 4.69) is 33.0 Å². The number of aromatic nitrogens is 3. The number of nitrogens with zero attached hydrogens (tertiary/aromatic N) is 3. The van der Waals surface area contributed by atoms with Crippen LogP contribution in [0.2, 0.25) is 0 Å². The third kappa shape index (κ3) is 2.82. The van der Waals surface area contributed by atoms with Crippen molar-refractivity contribution in [1.29, 1.82) is 0 Å². The number of ether oxygens (including phenoxy) is 1. The molecule has 0 aliphatic carbocycles. The first-order chi connectivity index (χ1) is 9.84. The summed E-state index contributed by atoms with van der Waals surface area (Å²) in [6.07, 6.45) is 8.70. The van der Waals surface area contributed by atoms with Crippen LogP contribution in [0.4, 0.5) is 5.69 Å². The fourth-order valence-corrected chi connectivity index (χ4v) is 2.59. The maximum absolute atomic E-state index is 5.45. The van der Waals surface area contributed by atoms with Gasteiger partial charge in [0.05, 0.1) is 6.61 Å². The Kier molecular flexibility index (Phi) is 3.97. The molecule has 5 heteroatoms. The van der Waals surface area contributed by atoms with E-state index in [1.807, 2.05) is 24.7 Å². The molecule has 0 bridgehead atoms. The average Bonchev–Trinajstić information content (AvgIpc) is 3.11. The van der Waals surface area contributed by atoms with Gasteiger partial charge in [-0.1, -0.05) is 0 Å². The Labute approximate surface area is 119 Å². The van der Waals surface area contributed by atoms with Gasteiger partial charge in [0.2, 0.25) is 0 Å². The lowest BCUT2D eigenvalue weighted by Crippen LogP contribution is -2.15. The van der Waals surface area contributed by atoms with E-state index in [4.69, 9.17) is 4.74 Å². The highest BCUT2D eigenvalue weighted by Crippen LogP contribution is 2.23. The molecule has 5 nitrogen and oxygen atoms in total. The molecule has 1 aliphatic rings. The van der Waals surface area contributed by atoms with Gasteiger partial charge in [0.15, 0.2) is 0 Å². The van der Waals surface area contributed by atoms with Gasteiger partial charge in [-0.15, -0.1) is 0 Å². The number of rotatable bonds is 5. The largest absolute Gasteiger partial charge is 0.383 e. The highest BCUT2D eigenvalue weighted by atomic mass is 16.5. The summed E-state index contributed by atoms with van der Waals surface area (Å²) in [4.78, 5) is 8.59. The Hall–Kier alpha value is -1.88. The van der Waals surface area contributed by atoms with Gasteiger partial charge < -0.3 is 14.6 Å². The second-order valence-corrected chi connectivity index (χ2v) is 5.16. The fourth-order valence-electron chi connectivity index (χ4n) is 2.59. The van der Waals surface area contributed by atoms with Crippen molar-refractivity contribution in [3.63, 3.8) is 0 Å². The molecule has 1 fully saturated rings. The lowest BCUT2D eigenvalue weighted by molar-refractivity contribution is 0.192. The number of aryl methyl sites for hydroxylation is 1. The second kappa shape index (κ2) is 6.05. The number of hydrogen-bond donors (Lipinski definition) is 1. The maximum Gasteiger partial charge on any atom is 0.114 e. The van der Waals surface area contributed by atoms with E-state index < -0.39 is 0 Å². The number of imidazole rings is 1. The Bertz CT molecular complexity index is 561. The molecule has 20 heavy (non-hydrogen) atoms. The lowest BCUT2D eigenvalue weighted by Gasteiger charge is -2.13. The zero-order valence-corrected chi connectivity index (χ0v) is 11.7. The SMILES string of the molecule is Cc1cnccc1NCCn1ccnc1[C@H]1CCOC1. The van der Waals surface area contributed by atoms with E-state index in [-0.39, 0.29) is 0 Å². The molecule has 1 saturated heterocycles. The van der Waals surface area contributed by atoms with Crippen LogP contribution in [0.1, 0.15) is 23.7 Å². The number of anilines is 1. The van der Waals surface area contributed by atoms with Crippen LogP contribution in [0.3, 0.4) is 0 Å². The van der Waals surface area contributed by atoms with Crippen molar-refractivity contribution in [3.05, 3.63) is 42.2 Å². The Morgan fingerprint density at radius 2 is 2.40 bits per heavy atom. The van der Waals surface area contributed by atoms with Crippen LogP contribution in [0, 0.1) is 6.92 Å². The van der Waals surface area contributed by atoms with Gasteiger partial charge in [0.1, 0.15) is 5.82 Å².